The Bertz CT molecular complexity index is 1040. The molecule has 0 aliphatic rings. The van der Waals surface area contributed by atoms with Crippen molar-refractivity contribution in [1.82, 2.24) is 4.90 Å². The minimum absolute atomic E-state index is 0.105. The number of nitrogens with one attached hydrogen (secondary N) is 2. The molecule has 0 aliphatic carbocycles. The van der Waals surface area contributed by atoms with Gasteiger partial charge < -0.3 is 20.1 Å². The Hall–Kier alpha value is -3.84. The van der Waals surface area contributed by atoms with Crippen molar-refractivity contribution in [2.75, 3.05) is 37.4 Å². The summed E-state index contributed by atoms with van der Waals surface area (Å²) in [5.74, 6) is 0.999. The fourth-order valence-corrected chi connectivity index (χ4v) is 3.16. The molecule has 0 fully saturated rings. The maximum absolute atomic E-state index is 12.5. The van der Waals surface area contributed by atoms with E-state index in [0.717, 1.165) is 11.3 Å². The number of methoxy groups -OCH3 is 1. The van der Waals surface area contributed by atoms with E-state index in [4.69, 9.17) is 9.47 Å². The molecule has 0 unspecified atom stereocenters. The van der Waals surface area contributed by atoms with E-state index in [1.807, 2.05) is 49.4 Å². The Kier molecular flexibility index (Phi) is 8.85. The van der Waals surface area contributed by atoms with E-state index < -0.39 is 0 Å². The predicted octanol–water partition coefficient (Wildman–Crippen LogP) is 4.17. The number of rotatable bonds is 11. The first-order valence-electron chi connectivity index (χ1n) is 10.8. The van der Waals surface area contributed by atoms with E-state index in [1.54, 1.807) is 48.4 Å². The Morgan fingerprint density at radius 2 is 1.45 bits per heavy atom. The van der Waals surface area contributed by atoms with Gasteiger partial charge in [0.05, 0.1) is 20.2 Å². The second-order valence-corrected chi connectivity index (χ2v) is 7.43. The topological polar surface area (TPSA) is 79.9 Å². The summed E-state index contributed by atoms with van der Waals surface area (Å²) in [6, 6.07) is 24.3. The van der Waals surface area contributed by atoms with E-state index in [1.165, 1.54) is 0 Å². The normalized spacial score (nSPS) is 10.5. The van der Waals surface area contributed by atoms with Gasteiger partial charge in [-0.05, 0) is 48.5 Å². The molecule has 3 aromatic carbocycles. The zero-order valence-electron chi connectivity index (χ0n) is 18.9. The summed E-state index contributed by atoms with van der Waals surface area (Å²) < 4.78 is 10.9. The SMILES string of the molecule is CCN(CC(=O)Nc1ccc(OCc2ccccc2)cc1)CC(=O)Nc1cccc(OC)c1. The maximum atomic E-state index is 12.5. The third-order valence-electron chi connectivity index (χ3n) is 4.92. The van der Waals surface area contributed by atoms with Crippen LogP contribution in [0.5, 0.6) is 11.5 Å². The number of hydrogen-bond acceptors (Lipinski definition) is 5. The first-order valence-corrected chi connectivity index (χ1v) is 10.8. The molecule has 0 radical (unpaired) electrons. The molecule has 0 aliphatic heterocycles. The van der Waals surface area contributed by atoms with Crippen LogP contribution in [0.2, 0.25) is 0 Å². The van der Waals surface area contributed by atoms with Gasteiger partial charge in [-0.3, -0.25) is 14.5 Å². The van der Waals surface area contributed by atoms with Crippen molar-refractivity contribution in [1.29, 1.82) is 0 Å². The highest BCUT2D eigenvalue weighted by molar-refractivity contribution is 5.94. The zero-order valence-corrected chi connectivity index (χ0v) is 18.9. The maximum Gasteiger partial charge on any atom is 0.238 e. The van der Waals surface area contributed by atoms with Crippen molar-refractivity contribution in [2.24, 2.45) is 0 Å². The summed E-state index contributed by atoms with van der Waals surface area (Å²) in [5, 5.41) is 5.69. The Morgan fingerprint density at radius 1 is 0.788 bits per heavy atom. The van der Waals surface area contributed by atoms with Gasteiger partial charge in [-0.2, -0.15) is 0 Å². The molecule has 0 saturated heterocycles. The number of ether oxygens (including phenoxy) is 2. The van der Waals surface area contributed by atoms with Crippen LogP contribution in [0.3, 0.4) is 0 Å². The van der Waals surface area contributed by atoms with Crippen molar-refractivity contribution in [3.8, 4) is 11.5 Å². The lowest BCUT2D eigenvalue weighted by Gasteiger charge is -2.19. The molecule has 0 spiro atoms. The largest absolute Gasteiger partial charge is 0.497 e. The fourth-order valence-electron chi connectivity index (χ4n) is 3.16. The molecule has 7 heteroatoms. The highest BCUT2D eigenvalue weighted by atomic mass is 16.5. The lowest BCUT2D eigenvalue weighted by atomic mass is 10.2. The first-order chi connectivity index (χ1) is 16.1. The lowest BCUT2D eigenvalue weighted by Crippen LogP contribution is -2.38. The van der Waals surface area contributed by atoms with Gasteiger partial charge in [0, 0.05) is 17.4 Å². The minimum atomic E-state index is -0.196. The molecule has 3 rings (SSSR count). The van der Waals surface area contributed by atoms with E-state index in [-0.39, 0.29) is 24.9 Å². The summed E-state index contributed by atoms with van der Waals surface area (Å²) in [4.78, 5) is 26.6. The number of benzene rings is 3. The fraction of sp³-hybridized carbons (Fsp3) is 0.231. The molecule has 33 heavy (non-hydrogen) atoms. The van der Waals surface area contributed by atoms with Gasteiger partial charge in [0.25, 0.3) is 0 Å². The van der Waals surface area contributed by atoms with Crippen LogP contribution in [0, 0.1) is 0 Å². The van der Waals surface area contributed by atoms with E-state index in [9.17, 15) is 9.59 Å². The Labute approximate surface area is 194 Å². The molecule has 2 amide bonds. The number of anilines is 2. The summed E-state index contributed by atoms with van der Waals surface area (Å²) >= 11 is 0. The van der Waals surface area contributed by atoms with E-state index in [2.05, 4.69) is 10.6 Å². The number of carbonyl (C=O) groups excluding carboxylic acids is 2. The molecule has 0 aromatic heterocycles. The van der Waals surface area contributed by atoms with Crippen molar-refractivity contribution < 1.29 is 19.1 Å². The molecule has 172 valence electrons. The number of likely N-dealkylation sites (N-methyl/N-ethyl adjacent to an activating group) is 1. The van der Waals surface area contributed by atoms with Gasteiger partial charge in [0.2, 0.25) is 11.8 Å². The second kappa shape index (κ2) is 12.3. The molecule has 0 heterocycles. The average Bonchev–Trinajstić information content (AvgIpc) is 2.84. The zero-order chi connectivity index (χ0) is 23.5. The minimum Gasteiger partial charge on any atom is -0.497 e. The van der Waals surface area contributed by atoms with Crippen LogP contribution < -0.4 is 20.1 Å². The van der Waals surface area contributed by atoms with Crippen molar-refractivity contribution in [2.45, 2.75) is 13.5 Å². The molecule has 0 bridgehead atoms. The molecule has 2 N–H and O–H groups in total. The third kappa shape index (κ3) is 7.97. The summed E-state index contributed by atoms with van der Waals surface area (Å²) in [5.41, 5.74) is 2.41. The van der Waals surface area contributed by atoms with Crippen LogP contribution in [-0.4, -0.2) is 43.5 Å². The van der Waals surface area contributed by atoms with Gasteiger partial charge in [-0.1, -0.05) is 43.3 Å². The van der Waals surface area contributed by atoms with Gasteiger partial charge in [-0.25, -0.2) is 0 Å². The van der Waals surface area contributed by atoms with Crippen molar-refractivity contribution in [3.05, 3.63) is 84.4 Å². The van der Waals surface area contributed by atoms with Crippen molar-refractivity contribution >= 4 is 23.2 Å². The second-order valence-electron chi connectivity index (χ2n) is 7.43. The predicted molar refractivity (Wildman–Crippen MR) is 130 cm³/mol. The van der Waals surface area contributed by atoms with Crippen LogP contribution in [-0.2, 0) is 16.2 Å². The standard InChI is InChI=1S/C26H29N3O4/c1-3-29(18-26(31)28-22-10-7-11-24(16-22)32-2)17-25(30)27-21-12-14-23(15-13-21)33-19-20-8-5-4-6-9-20/h4-16H,3,17-19H2,1-2H3,(H,27,30)(H,28,31). The average molecular weight is 448 g/mol. The summed E-state index contributed by atoms with van der Waals surface area (Å²) in [7, 11) is 1.57. The molecular formula is C26H29N3O4. The molecule has 3 aromatic rings. The third-order valence-corrected chi connectivity index (χ3v) is 4.92. The number of carbonyl (C=O) groups is 2. The lowest BCUT2D eigenvalue weighted by molar-refractivity contribution is -0.119. The van der Waals surface area contributed by atoms with Crippen LogP contribution in [0.15, 0.2) is 78.9 Å². The molecule has 7 nitrogen and oxygen atoms in total. The number of amides is 2. The van der Waals surface area contributed by atoms with Gasteiger partial charge in [0.1, 0.15) is 18.1 Å². The summed E-state index contributed by atoms with van der Waals surface area (Å²) in [6.45, 7) is 3.16. The number of nitrogens with zero attached hydrogens (tertiary/aromatic N) is 1. The molecule has 0 saturated carbocycles. The van der Waals surface area contributed by atoms with Crippen LogP contribution >= 0.6 is 0 Å². The Balaban J connectivity index is 1.45. The van der Waals surface area contributed by atoms with Gasteiger partial charge in [-0.15, -0.1) is 0 Å². The monoisotopic (exact) mass is 447 g/mol. The van der Waals surface area contributed by atoms with Crippen LogP contribution in [0.25, 0.3) is 0 Å². The smallest absolute Gasteiger partial charge is 0.238 e. The van der Waals surface area contributed by atoms with Crippen molar-refractivity contribution in [3.63, 3.8) is 0 Å². The van der Waals surface area contributed by atoms with Crippen LogP contribution in [0.1, 0.15) is 12.5 Å². The highest BCUT2D eigenvalue weighted by Gasteiger charge is 2.14. The summed E-state index contributed by atoms with van der Waals surface area (Å²) in [6.07, 6.45) is 0. The highest BCUT2D eigenvalue weighted by Crippen LogP contribution is 2.18. The Morgan fingerprint density at radius 3 is 2.09 bits per heavy atom. The van der Waals surface area contributed by atoms with Gasteiger partial charge in [0.15, 0.2) is 0 Å². The quantitative estimate of drug-likeness (QED) is 0.461. The van der Waals surface area contributed by atoms with E-state index in [0.29, 0.717) is 30.3 Å². The van der Waals surface area contributed by atoms with Crippen LogP contribution in [0.4, 0.5) is 11.4 Å². The molecule has 0 atom stereocenters. The first kappa shape index (κ1) is 23.8. The van der Waals surface area contributed by atoms with Gasteiger partial charge >= 0.3 is 0 Å². The number of hydrogen-bond donors (Lipinski definition) is 2. The van der Waals surface area contributed by atoms with E-state index >= 15 is 0 Å². The molecular weight excluding hydrogens is 418 g/mol.